The molecule has 19 heavy (non-hydrogen) atoms. The van der Waals surface area contributed by atoms with Gasteiger partial charge in [-0.05, 0) is 24.3 Å². The largest absolute Gasteiger partial charge is 0.464 e. The number of hydrogen-bond donors (Lipinski definition) is 1. The van der Waals surface area contributed by atoms with Gasteiger partial charge in [-0.3, -0.25) is 0 Å². The standard InChI is InChI=1S/C10H14N2O4S3/c1-16-9(13)8-10(18-6-11-8)19(14,15)12-7-2-4-17-5-3-7/h6-7,12H,2-5H2,1H3. The molecule has 1 aromatic heterocycles. The van der Waals surface area contributed by atoms with E-state index in [2.05, 4.69) is 14.4 Å². The lowest BCUT2D eigenvalue weighted by Gasteiger charge is -2.21. The molecule has 0 spiro atoms. The number of thiazole rings is 1. The van der Waals surface area contributed by atoms with Gasteiger partial charge in [0.05, 0.1) is 12.6 Å². The van der Waals surface area contributed by atoms with Gasteiger partial charge in [-0.2, -0.15) is 11.8 Å². The highest BCUT2D eigenvalue weighted by Gasteiger charge is 2.29. The Balaban J connectivity index is 2.19. The summed E-state index contributed by atoms with van der Waals surface area (Å²) < 4.78 is 31.6. The highest BCUT2D eigenvalue weighted by molar-refractivity contribution is 7.99. The number of methoxy groups -OCH3 is 1. The second-order valence-electron chi connectivity index (χ2n) is 3.99. The van der Waals surface area contributed by atoms with Crippen LogP contribution in [0.3, 0.4) is 0 Å². The summed E-state index contributed by atoms with van der Waals surface area (Å²) in [5, 5.41) is 0. The molecule has 1 N–H and O–H groups in total. The maximum absolute atomic E-state index is 12.2. The number of rotatable bonds is 4. The number of carbonyl (C=O) groups excluding carboxylic acids is 1. The van der Waals surface area contributed by atoms with Crippen molar-refractivity contribution >= 4 is 39.1 Å². The Morgan fingerprint density at radius 2 is 2.16 bits per heavy atom. The van der Waals surface area contributed by atoms with Crippen molar-refractivity contribution in [3.63, 3.8) is 0 Å². The Bertz CT molecular complexity index is 549. The first-order valence-electron chi connectivity index (χ1n) is 5.66. The van der Waals surface area contributed by atoms with Crippen LogP contribution in [0.15, 0.2) is 9.72 Å². The highest BCUT2D eigenvalue weighted by atomic mass is 32.2. The number of aromatic nitrogens is 1. The molecule has 1 aliphatic heterocycles. The molecule has 0 atom stereocenters. The van der Waals surface area contributed by atoms with Crippen molar-refractivity contribution in [2.75, 3.05) is 18.6 Å². The van der Waals surface area contributed by atoms with Crippen LogP contribution in [0.4, 0.5) is 0 Å². The molecule has 0 saturated carbocycles. The summed E-state index contributed by atoms with van der Waals surface area (Å²) in [6, 6.07) is -0.0705. The van der Waals surface area contributed by atoms with Crippen LogP contribution in [-0.4, -0.2) is 44.0 Å². The maximum atomic E-state index is 12.2. The van der Waals surface area contributed by atoms with Crippen molar-refractivity contribution < 1.29 is 17.9 Å². The molecule has 0 radical (unpaired) electrons. The third-order valence-electron chi connectivity index (χ3n) is 2.70. The van der Waals surface area contributed by atoms with Crippen LogP contribution < -0.4 is 4.72 Å². The number of nitrogens with one attached hydrogen (secondary N) is 1. The molecule has 1 saturated heterocycles. The van der Waals surface area contributed by atoms with E-state index in [0.717, 1.165) is 35.7 Å². The minimum Gasteiger partial charge on any atom is -0.464 e. The fourth-order valence-corrected chi connectivity index (χ4v) is 5.31. The Hall–Kier alpha value is -0.640. The lowest BCUT2D eigenvalue weighted by molar-refractivity contribution is 0.0590. The zero-order valence-electron chi connectivity index (χ0n) is 10.3. The first kappa shape index (κ1) is 14.8. The summed E-state index contributed by atoms with van der Waals surface area (Å²) in [5.74, 6) is 1.15. The molecule has 106 valence electrons. The second-order valence-corrected chi connectivity index (χ2v) is 7.98. The Morgan fingerprint density at radius 1 is 1.47 bits per heavy atom. The van der Waals surface area contributed by atoms with Crippen molar-refractivity contribution in [2.24, 2.45) is 0 Å². The topological polar surface area (TPSA) is 85.4 Å². The van der Waals surface area contributed by atoms with Gasteiger partial charge in [0.2, 0.25) is 0 Å². The summed E-state index contributed by atoms with van der Waals surface area (Å²) in [5.41, 5.74) is 1.18. The van der Waals surface area contributed by atoms with Crippen molar-refractivity contribution in [2.45, 2.75) is 23.1 Å². The number of carbonyl (C=O) groups is 1. The van der Waals surface area contributed by atoms with Gasteiger partial charge in [-0.1, -0.05) is 0 Å². The van der Waals surface area contributed by atoms with Gasteiger partial charge in [0.25, 0.3) is 10.0 Å². The number of thioether (sulfide) groups is 1. The van der Waals surface area contributed by atoms with Crippen molar-refractivity contribution in [1.29, 1.82) is 0 Å². The quantitative estimate of drug-likeness (QED) is 0.836. The molecular formula is C10H14N2O4S3. The van der Waals surface area contributed by atoms with E-state index in [-0.39, 0.29) is 15.9 Å². The van der Waals surface area contributed by atoms with E-state index in [9.17, 15) is 13.2 Å². The number of ether oxygens (including phenoxy) is 1. The minimum atomic E-state index is -3.71. The molecule has 0 bridgehead atoms. The minimum absolute atomic E-state index is 0.0705. The van der Waals surface area contributed by atoms with Crippen molar-refractivity contribution in [3.05, 3.63) is 11.2 Å². The van der Waals surface area contributed by atoms with Gasteiger partial charge < -0.3 is 4.74 Å². The van der Waals surface area contributed by atoms with E-state index in [1.807, 2.05) is 11.8 Å². The van der Waals surface area contributed by atoms with Crippen molar-refractivity contribution in [1.82, 2.24) is 9.71 Å². The number of hydrogen-bond acceptors (Lipinski definition) is 7. The van der Waals surface area contributed by atoms with Gasteiger partial charge in [0, 0.05) is 6.04 Å². The van der Waals surface area contributed by atoms with Crippen LogP contribution in [-0.2, 0) is 14.8 Å². The molecule has 1 aromatic rings. The molecule has 1 aliphatic rings. The lowest BCUT2D eigenvalue weighted by atomic mass is 10.2. The normalized spacial score (nSPS) is 17.3. The summed E-state index contributed by atoms with van der Waals surface area (Å²) in [6.45, 7) is 0. The zero-order valence-corrected chi connectivity index (χ0v) is 12.7. The van der Waals surface area contributed by atoms with E-state index in [4.69, 9.17) is 0 Å². The summed E-state index contributed by atoms with van der Waals surface area (Å²) >= 11 is 2.74. The Labute approximate surface area is 120 Å². The van der Waals surface area contributed by atoms with Gasteiger partial charge >= 0.3 is 5.97 Å². The van der Waals surface area contributed by atoms with E-state index in [1.54, 1.807) is 0 Å². The van der Waals surface area contributed by atoms with Gasteiger partial charge in [0.15, 0.2) is 9.90 Å². The fourth-order valence-electron chi connectivity index (χ4n) is 1.75. The van der Waals surface area contributed by atoms with Crippen molar-refractivity contribution in [3.8, 4) is 0 Å². The predicted octanol–water partition coefficient (Wildman–Crippen LogP) is 1.10. The highest BCUT2D eigenvalue weighted by Crippen LogP contribution is 2.23. The summed E-state index contributed by atoms with van der Waals surface area (Å²) in [6.07, 6.45) is 1.60. The molecule has 2 rings (SSSR count). The molecular weight excluding hydrogens is 308 g/mol. The smallest absolute Gasteiger partial charge is 0.358 e. The van der Waals surface area contributed by atoms with E-state index in [0.29, 0.717) is 0 Å². The van der Waals surface area contributed by atoms with Crippen LogP contribution >= 0.6 is 23.1 Å². The molecule has 0 aromatic carbocycles. The summed E-state index contributed by atoms with van der Waals surface area (Å²) in [4.78, 5) is 15.2. The molecule has 1 fully saturated rings. The average molecular weight is 322 g/mol. The monoisotopic (exact) mass is 322 g/mol. The van der Waals surface area contributed by atoms with Gasteiger partial charge in [-0.25, -0.2) is 22.9 Å². The van der Waals surface area contributed by atoms with E-state index < -0.39 is 16.0 Å². The van der Waals surface area contributed by atoms with Crippen LogP contribution in [0, 0.1) is 0 Å². The third-order valence-corrected chi connectivity index (χ3v) is 6.64. The Morgan fingerprint density at radius 3 is 2.79 bits per heavy atom. The molecule has 0 unspecified atom stereocenters. The number of nitrogens with zero attached hydrogens (tertiary/aromatic N) is 1. The first-order chi connectivity index (χ1) is 9.04. The average Bonchev–Trinajstić information content (AvgIpc) is 2.88. The predicted molar refractivity (Wildman–Crippen MR) is 74.1 cm³/mol. The van der Waals surface area contributed by atoms with Crippen LogP contribution in [0.5, 0.6) is 0 Å². The Kier molecular flexibility index (Phi) is 4.82. The zero-order chi connectivity index (χ0) is 13.9. The van der Waals surface area contributed by atoms with Gasteiger partial charge in [0.1, 0.15) is 0 Å². The number of esters is 1. The summed E-state index contributed by atoms with van der Waals surface area (Å²) in [7, 11) is -2.51. The van der Waals surface area contributed by atoms with Crippen LogP contribution in [0.25, 0.3) is 0 Å². The lowest BCUT2D eigenvalue weighted by Crippen LogP contribution is -2.37. The molecule has 0 amide bonds. The third kappa shape index (κ3) is 3.47. The van der Waals surface area contributed by atoms with Crippen LogP contribution in [0.1, 0.15) is 23.3 Å². The molecule has 2 heterocycles. The molecule has 9 heteroatoms. The van der Waals surface area contributed by atoms with E-state index in [1.165, 1.54) is 12.6 Å². The first-order valence-corrected chi connectivity index (χ1v) is 9.18. The second kappa shape index (κ2) is 6.21. The number of sulfonamides is 1. The molecule has 6 nitrogen and oxygen atoms in total. The maximum Gasteiger partial charge on any atom is 0.358 e. The molecule has 0 aliphatic carbocycles. The fraction of sp³-hybridized carbons (Fsp3) is 0.600. The van der Waals surface area contributed by atoms with Crippen LogP contribution in [0.2, 0.25) is 0 Å². The SMILES string of the molecule is COC(=O)c1ncsc1S(=O)(=O)NC1CCSCC1. The van der Waals surface area contributed by atoms with Gasteiger partial charge in [-0.15, -0.1) is 11.3 Å². The van der Waals surface area contributed by atoms with E-state index >= 15 is 0 Å².